The van der Waals surface area contributed by atoms with E-state index in [2.05, 4.69) is 20.9 Å². The maximum absolute atomic E-state index is 17.0. The van der Waals surface area contributed by atoms with E-state index in [4.69, 9.17) is 26.1 Å². The van der Waals surface area contributed by atoms with E-state index in [1.165, 1.54) is 0 Å². The van der Waals surface area contributed by atoms with Crippen LogP contribution in [0.15, 0.2) is 42.5 Å². The van der Waals surface area contributed by atoms with E-state index in [9.17, 15) is 10.1 Å². The molecule has 2 saturated heterocycles. The van der Waals surface area contributed by atoms with Gasteiger partial charge >= 0.3 is 12.1 Å². The molecule has 1 aliphatic carbocycles. The highest BCUT2D eigenvalue weighted by Gasteiger charge is 2.46. The second-order valence-electron chi connectivity index (χ2n) is 14.8. The molecule has 11 heteroatoms. The van der Waals surface area contributed by atoms with E-state index in [1.807, 2.05) is 64.0 Å². The van der Waals surface area contributed by atoms with Crippen LogP contribution in [-0.4, -0.2) is 83.9 Å². The van der Waals surface area contributed by atoms with Crippen molar-refractivity contribution < 1.29 is 18.7 Å². The van der Waals surface area contributed by atoms with Crippen molar-refractivity contribution in [2.75, 3.05) is 45.2 Å². The van der Waals surface area contributed by atoms with Crippen LogP contribution < -0.4 is 9.64 Å². The summed E-state index contributed by atoms with van der Waals surface area (Å²) in [5.74, 6) is -0.0767. The molecule has 1 amide bonds. The number of nitrogens with zero attached hydrogens (tertiary/aromatic N) is 6. The number of carbonyl (C=O) groups is 1. The summed E-state index contributed by atoms with van der Waals surface area (Å²) in [4.78, 5) is 28.9. The van der Waals surface area contributed by atoms with E-state index >= 15 is 4.39 Å². The Morgan fingerprint density at radius 3 is 2.44 bits per heavy atom. The molecule has 3 aromatic carbocycles. The lowest BCUT2D eigenvalue weighted by Gasteiger charge is -2.42. The summed E-state index contributed by atoms with van der Waals surface area (Å²) in [6.45, 7) is 7.91. The monoisotopic (exact) mass is 670 g/mol. The van der Waals surface area contributed by atoms with Crippen LogP contribution >= 0.6 is 11.6 Å². The van der Waals surface area contributed by atoms with Gasteiger partial charge < -0.3 is 19.3 Å². The zero-order valence-electron chi connectivity index (χ0n) is 28.0. The van der Waals surface area contributed by atoms with E-state index in [0.29, 0.717) is 47.4 Å². The molecule has 9 nitrogen and oxygen atoms in total. The van der Waals surface area contributed by atoms with E-state index < -0.39 is 11.4 Å². The van der Waals surface area contributed by atoms with Gasteiger partial charge in [-0.15, -0.1) is 0 Å². The molecule has 2 atom stereocenters. The Labute approximate surface area is 285 Å². The summed E-state index contributed by atoms with van der Waals surface area (Å²) in [7, 11) is 4.09. The number of piperazine rings is 1. The summed E-state index contributed by atoms with van der Waals surface area (Å²) >= 11 is 6.96. The lowest BCUT2D eigenvalue weighted by molar-refractivity contribution is 0.0122. The molecular weight excluding hydrogens is 631 g/mol. The number of carbonyl (C=O) groups excluding carboxylic acids is 1. The fourth-order valence-corrected chi connectivity index (χ4v) is 7.75. The standard InChI is InChI=1S/C37H40ClFN6O3/c1-36(2,3)48-35(46)45-24-12-13-25(45)19-44(18-24)33-27-16-28(38)30(26-11-7-9-22-8-6-10-23(17-40)29(22)26)31(39)32(27)41-34(42-33)47-21-37(14-15-37)20-43(4)5/h6-11,16,24-25H,12-15,18-21H2,1-5H3/t24-,25+. The van der Waals surface area contributed by atoms with Crippen molar-refractivity contribution in [3.05, 3.63) is 58.9 Å². The van der Waals surface area contributed by atoms with Crippen LogP contribution in [0.1, 0.15) is 52.0 Å². The van der Waals surface area contributed by atoms with Crippen LogP contribution in [0.2, 0.25) is 5.02 Å². The van der Waals surface area contributed by atoms with Crippen molar-refractivity contribution in [3.63, 3.8) is 0 Å². The molecule has 1 aromatic heterocycles. The van der Waals surface area contributed by atoms with E-state index in [1.54, 1.807) is 18.2 Å². The smallest absolute Gasteiger partial charge is 0.410 e. The van der Waals surface area contributed by atoms with Crippen molar-refractivity contribution in [3.8, 4) is 23.2 Å². The fraction of sp³-hybridized carbons (Fsp3) is 0.459. The van der Waals surface area contributed by atoms with Crippen molar-refractivity contribution in [1.82, 2.24) is 19.8 Å². The third-order valence-electron chi connectivity index (χ3n) is 9.64. The summed E-state index contributed by atoms with van der Waals surface area (Å²) in [6.07, 6.45) is 3.44. The normalized spacial score (nSPS) is 20.0. The van der Waals surface area contributed by atoms with Gasteiger partial charge in [0.15, 0.2) is 5.82 Å². The Kier molecular flexibility index (Phi) is 8.12. The molecule has 3 heterocycles. The van der Waals surface area contributed by atoms with E-state index in [-0.39, 0.29) is 45.7 Å². The number of amides is 1. The molecule has 1 saturated carbocycles. The first-order valence-corrected chi connectivity index (χ1v) is 16.9. The van der Waals surface area contributed by atoms with Gasteiger partial charge in [0.1, 0.15) is 16.9 Å². The number of hydrogen-bond donors (Lipinski definition) is 0. The van der Waals surface area contributed by atoms with Gasteiger partial charge in [-0.1, -0.05) is 41.9 Å². The number of ether oxygens (including phenoxy) is 2. The third-order valence-corrected chi connectivity index (χ3v) is 9.94. The van der Waals surface area contributed by atoms with E-state index in [0.717, 1.165) is 37.6 Å². The number of aromatic nitrogens is 2. The maximum atomic E-state index is 17.0. The number of nitriles is 1. The maximum Gasteiger partial charge on any atom is 0.410 e. The Bertz CT molecular complexity index is 1950. The summed E-state index contributed by atoms with van der Waals surface area (Å²) < 4.78 is 29.1. The van der Waals surface area contributed by atoms with Crippen molar-refractivity contribution in [2.45, 2.75) is 64.1 Å². The number of fused-ring (bicyclic) bond motifs is 4. The first-order valence-electron chi connectivity index (χ1n) is 16.5. The SMILES string of the molecule is CN(C)CC1(COc2nc(N3C[C@H]4CC[C@@H](C3)N4C(=O)OC(C)(C)C)c3cc(Cl)c(-c4cccc5cccc(C#N)c45)c(F)c3n2)CC1. The van der Waals surface area contributed by atoms with Crippen LogP contribution in [-0.2, 0) is 4.74 Å². The molecule has 2 bridgehead atoms. The topological polar surface area (TPSA) is 94.8 Å². The van der Waals surface area contributed by atoms with Gasteiger partial charge in [0.05, 0.1) is 35.3 Å². The first kappa shape index (κ1) is 32.4. The minimum atomic E-state index is -0.601. The van der Waals surface area contributed by atoms with Gasteiger partial charge in [-0.05, 0) is 83.6 Å². The predicted octanol–water partition coefficient (Wildman–Crippen LogP) is 7.42. The minimum Gasteiger partial charge on any atom is -0.463 e. The molecule has 48 heavy (non-hydrogen) atoms. The molecule has 0 radical (unpaired) electrons. The molecular formula is C37H40ClFN6O3. The Hall–Kier alpha value is -4.20. The molecule has 4 aromatic rings. The average molecular weight is 671 g/mol. The van der Waals surface area contributed by atoms with Crippen LogP contribution in [0.3, 0.4) is 0 Å². The van der Waals surface area contributed by atoms with Crippen LogP contribution in [0.25, 0.3) is 32.8 Å². The zero-order valence-corrected chi connectivity index (χ0v) is 28.8. The Balaban J connectivity index is 1.33. The van der Waals surface area contributed by atoms with Gasteiger partial charge in [-0.3, -0.25) is 4.90 Å². The third kappa shape index (κ3) is 5.99. The highest BCUT2D eigenvalue weighted by Crippen LogP contribution is 2.47. The van der Waals surface area contributed by atoms with Crippen molar-refractivity contribution >= 4 is 45.2 Å². The summed E-state index contributed by atoms with van der Waals surface area (Å²) in [6, 6.07) is 14.8. The van der Waals surface area contributed by atoms with Gasteiger partial charge in [0.2, 0.25) is 0 Å². The highest BCUT2D eigenvalue weighted by atomic mass is 35.5. The Morgan fingerprint density at radius 1 is 1.12 bits per heavy atom. The lowest BCUT2D eigenvalue weighted by Crippen LogP contribution is -2.57. The molecule has 0 unspecified atom stereocenters. The second kappa shape index (κ2) is 12.0. The largest absolute Gasteiger partial charge is 0.463 e. The molecule has 3 fully saturated rings. The highest BCUT2D eigenvalue weighted by molar-refractivity contribution is 6.35. The number of halogens is 2. The average Bonchev–Trinajstić information content (AvgIpc) is 3.73. The molecule has 0 spiro atoms. The van der Waals surface area contributed by atoms with Gasteiger partial charge in [0.25, 0.3) is 0 Å². The Morgan fingerprint density at radius 2 is 1.81 bits per heavy atom. The first-order chi connectivity index (χ1) is 22.9. The molecule has 3 aliphatic rings. The van der Waals surface area contributed by atoms with Crippen molar-refractivity contribution in [2.24, 2.45) is 5.41 Å². The van der Waals surface area contributed by atoms with Crippen molar-refractivity contribution in [1.29, 1.82) is 5.26 Å². The quantitative estimate of drug-likeness (QED) is 0.201. The molecule has 7 rings (SSSR count). The van der Waals surface area contributed by atoms with Crippen LogP contribution in [0, 0.1) is 22.6 Å². The van der Waals surface area contributed by atoms with Crippen LogP contribution in [0.5, 0.6) is 6.01 Å². The molecule has 0 N–H and O–H groups in total. The molecule has 250 valence electrons. The van der Waals surface area contributed by atoms with Gasteiger partial charge in [0, 0.05) is 41.4 Å². The minimum absolute atomic E-state index is 0.0144. The predicted molar refractivity (Wildman–Crippen MR) is 185 cm³/mol. The fourth-order valence-electron chi connectivity index (χ4n) is 7.46. The summed E-state index contributed by atoms with van der Waals surface area (Å²) in [5, 5.41) is 12.0. The van der Waals surface area contributed by atoms with Gasteiger partial charge in [-0.2, -0.15) is 15.2 Å². The second-order valence-corrected chi connectivity index (χ2v) is 15.2. The number of rotatable bonds is 7. The molecule has 2 aliphatic heterocycles. The number of hydrogen-bond acceptors (Lipinski definition) is 8. The summed E-state index contributed by atoms with van der Waals surface area (Å²) in [5.41, 5.74) is 0.636. The number of anilines is 1. The zero-order chi connectivity index (χ0) is 34.0. The number of benzene rings is 3. The lowest BCUT2D eigenvalue weighted by atomic mass is 9.94. The van der Waals surface area contributed by atoms with Gasteiger partial charge in [-0.25, -0.2) is 9.18 Å². The van der Waals surface area contributed by atoms with Crippen LogP contribution in [0.4, 0.5) is 15.0 Å².